The van der Waals surface area contributed by atoms with Gasteiger partial charge < -0.3 is 5.32 Å². The molecule has 2 fully saturated rings. The summed E-state index contributed by atoms with van der Waals surface area (Å²) in [6.07, 6.45) is 3.82. The zero-order chi connectivity index (χ0) is 11.8. The predicted molar refractivity (Wildman–Crippen MR) is 72.0 cm³/mol. The number of amides is 1. The summed E-state index contributed by atoms with van der Waals surface area (Å²) in [6.45, 7) is 0. The van der Waals surface area contributed by atoms with Crippen molar-refractivity contribution in [1.29, 1.82) is 0 Å². The standard InChI is InChI=1S/C14H16BrNO/c15-8-9-4-1-2-7-12(9)16-14(17)13-10-5-3-6-11(10)13/h1-2,4,7,10-11,13H,3,5-6,8H2,(H,16,17). The minimum absolute atomic E-state index is 0.230. The number of carbonyl (C=O) groups is 1. The van der Waals surface area contributed by atoms with E-state index in [1.54, 1.807) is 0 Å². The van der Waals surface area contributed by atoms with Crippen molar-refractivity contribution in [2.45, 2.75) is 24.6 Å². The maximum atomic E-state index is 12.1. The molecule has 0 heterocycles. The van der Waals surface area contributed by atoms with Crippen LogP contribution in [-0.4, -0.2) is 5.91 Å². The highest BCUT2D eigenvalue weighted by Gasteiger charge is 2.56. The number of fused-ring (bicyclic) bond motifs is 1. The molecule has 1 aromatic rings. The molecule has 1 N–H and O–H groups in total. The number of hydrogen-bond donors (Lipinski definition) is 1. The lowest BCUT2D eigenvalue weighted by molar-refractivity contribution is -0.118. The normalized spacial score (nSPS) is 29.8. The fourth-order valence-corrected chi connectivity index (χ4v) is 3.67. The first-order chi connectivity index (χ1) is 8.31. The topological polar surface area (TPSA) is 29.1 Å². The summed E-state index contributed by atoms with van der Waals surface area (Å²) in [5.74, 6) is 1.90. The van der Waals surface area contributed by atoms with E-state index in [0.29, 0.717) is 17.8 Å². The molecule has 2 aliphatic carbocycles. The van der Waals surface area contributed by atoms with E-state index in [1.165, 1.54) is 19.3 Å². The molecular formula is C14H16BrNO. The molecule has 3 rings (SSSR count). The molecule has 0 spiro atoms. The van der Waals surface area contributed by atoms with Gasteiger partial charge in [-0.2, -0.15) is 0 Å². The highest BCUT2D eigenvalue weighted by molar-refractivity contribution is 9.08. The van der Waals surface area contributed by atoms with Crippen LogP contribution in [0.5, 0.6) is 0 Å². The van der Waals surface area contributed by atoms with E-state index in [-0.39, 0.29) is 5.91 Å². The third-order valence-corrected chi connectivity index (χ3v) is 4.73. The molecule has 2 saturated carbocycles. The molecule has 17 heavy (non-hydrogen) atoms. The lowest BCUT2D eigenvalue weighted by Gasteiger charge is -2.10. The van der Waals surface area contributed by atoms with Crippen molar-refractivity contribution in [2.24, 2.45) is 17.8 Å². The van der Waals surface area contributed by atoms with Crippen molar-refractivity contribution < 1.29 is 4.79 Å². The molecule has 2 nitrogen and oxygen atoms in total. The van der Waals surface area contributed by atoms with Gasteiger partial charge in [-0.05, 0) is 36.3 Å². The first-order valence-electron chi connectivity index (χ1n) is 6.26. The summed E-state index contributed by atoms with van der Waals surface area (Å²) in [6, 6.07) is 7.98. The van der Waals surface area contributed by atoms with E-state index in [9.17, 15) is 4.79 Å². The van der Waals surface area contributed by atoms with Crippen molar-refractivity contribution in [3.8, 4) is 0 Å². The largest absolute Gasteiger partial charge is 0.326 e. The van der Waals surface area contributed by atoms with Crippen molar-refractivity contribution >= 4 is 27.5 Å². The quantitative estimate of drug-likeness (QED) is 0.848. The summed E-state index contributed by atoms with van der Waals surface area (Å²) >= 11 is 3.45. The van der Waals surface area contributed by atoms with Crippen LogP contribution >= 0.6 is 15.9 Å². The van der Waals surface area contributed by atoms with Crippen molar-refractivity contribution in [2.75, 3.05) is 5.32 Å². The number of halogens is 1. The molecule has 2 aliphatic rings. The van der Waals surface area contributed by atoms with Crippen LogP contribution in [0, 0.1) is 17.8 Å². The number of rotatable bonds is 3. The van der Waals surface area contributed by atoms with Gasteiger partial charge in [-0.3, -0.25) is 4.79 Å². The molecule has 3 heteroatoms. The third kappa shape index (κ3) is 2.01. The Morgan fingerprint density at radius 3 is 2.71 bits per heavy atom. The monoisotopic (exact) mass is 293 g/mol. The molecule has 90 valence electrons. The highest BCUT2D eigenvalue weighted by atomic mass is 79.9. The third-order valence-electron chi connectivity index (χ3n) is 4.13. The number of carbonyl (C=O) groups excluding carboxylic acids is 1. The lowest BCUT2D eigenvalue weighted by atomic mass is 10.1. The first-order valence-corrected chi connectivity index (χ1v) is 7.38. The van der Waals surface area contributed by atoms with Crippen LogP contribution in [0.15, 0.2) is 24.3 Å². The van der Waals surface area contributed by atoms with Crippen LogP contribution in [0.3, 0.4) is 0 Å². The molecule has 1 aromatic carbocycles. The zero-order valence-corrected chi connectivity index (χ0v) is 11.2. The fourth-order valence-electron chi connectivity index (χ4n) is 3.19. The number of alkyl halides is 1. The van der Waals surface area contributed by atoms with E-state index < -0.39 is 0 Å². The van der Waals surface area contributed by atoms with Crippen molar-refractivity contribution in [3.05, 3.63) is 29.8 Å². The van der Waals surface area contributed by atoms with Gasteiger partial charge in [-0.1, -0.05) is 40.5 Å². The molecular weight excluding hydrogens is 278 g/mol. The van der Waals surface area contributed by atoms with Gasteiger partial charge in [0.25, 0.3) is 0 Å². The van der Waals surface area contributed by atoms with Crippen LogP contribution in [0.2, 0.25) is 0 Å². The van der Waals surface area contributed by atoms with E-state index in [2.05, 4.69) is 21.2 Å². The molecule has 0 radical (unpaired) electrons. The van der Waals surface area contributed by atoms with Crippen molar-refractivity contribution in [1.82, 2.24) is 0 Å². The summed E-state index contributed by atoms with van der Waals surface area (Å²) in [5, 5.41) is 3.86. The Morgan fingerprint density at radius 2 is 2.00 bits per heavy atom. The molecule has 0 aromatic heterocycles. The van der Waals surface area contributed by atoms with Gasteiger partial charge in [-0.15, -0.1) is 0 Å². The van der Waals surface area contributed by atoms with Gasteiger partial charge in [0.1, 0.15) is 0 Å². The van der Waals surface area contributed by atoms with Gasteiger partial charge in [0, 0.05) is 16.9 Å². The molecule has 0 aliphatic heterocycles. The maximum Gasteiger partial charge on any atom is 0.228 e. The Bertz CT molecular complexity index is 436. The second kappa shape index (κ2) is 4.45. The van der Waals surface area contributed by atoms with Crippen LogP contribution in [0.4, 0.5) is 5.69 Å². The number of benzene rings is 1. The summed E-state index contributed by atoms with van der Waals surface area (Å²) < 4.78 is 0. The minimum Gasteiger partial charge on any atom is -0.326 e. The van der Waals surface area contributed by atoms with Gasteiger partial charge >= 0.3 is 0 Å². The van der Waals surface area contributed by atoms with Gasteiger partial charge in [0.15, 0.2) is 0 Å². The fraction of sp³-hybridized carbons (Fsp3) is 0.500. The Balaban J connectivity index is 1.69. The zero-order valence-electron chi connectivity index (χ0n) is 9.66. The number of anilines is 1. The van der Waals surface area contributed by atoms with Crippen LogP contribution in [-0.2, 0) is 10.1 Å². The van der Waals surface area contributed by atoms with Gasteiger partial charge in [0.05, 0.1) is 0 Å². The van der Waals surface area contributed by atoms with E-state index >= 15 is 0 Å². The van der Waals surface area contributed by atoms with Crippen molar-refractivity contribution in [3.63, 3.8) is 0 Å². The number of hydrogen-bond acceptors (Lipinski definition) is 1. The molecule has 2 atom stereocenters. The molecule has 0 bridgehead atoms. The average Bonchev–Trinajstić information content (AvgIpc) is 2.84. The smallest absolute Gasteiger partial charge is 0.228 e. The van der Waals surface area contributed by atoms with Gasteiger partial charge in [0.2, 0.25) is 5.91 Å². The van der Waals surface area contributed by atoms with Crippen LogP contribution in [0.25, 0.3) is 0 Å². The Labute approximate surface area is 110 Å². The van der Waals surface area contributed by atoms with Crippen LogP contribution < -0.4 is 5.32 Å². The molecule has 2 unspecified atom stereocenters. The second-order valence-corrected chi connectivity index (χ2v) is 5.63. The number of nitrogens with one attached hydrogen (secondary N) is 1. The summed E-state index contributed by atoms with van der Waals surface area (Å²) in [7, 11) is 0. The maximum absolute atomic E-state index is 12.1. The Kier molecular flexibility index (Phi) is 2.95. The highest BCUT2D eigenvalue weighted by Crippen LogP contribution is 2.57. The Morgan fingerprint density at radius 1 is 1.29 bits per heavy atom. The lowest BCUT2D eigenvalue weighted by Crippen LogP contribution is -2.17. The second-order valence-electron chi connectivity index (χ2n) is 5.06. The minimum atomic E-state index is 0.230. The van der Waals surface area contributed by atoms with E-state index in [1.807, 2.05) is 24.3 Å². The van der Waals surface area contributed by atoms with E-state index in [0.717, 1.165) is 16.6 Å². The molecule has 1 amide bonds. The van der Waals surface area contributed by atoms with Crippen LogP contribution in [0.1, 0.15) is 24.8 Å². The van der Waals surface area contributed by atoms with Gasteiger partial charge in [-0.25, -0.2) is 0 Å². The summed E-state index contributed by atoms with van der Waals surface area (Å²) in [5.41, 5.74) is 2.10. The average molecular weight is 294 g/mol. The summed E-state index contributed by atoms with van der Waals surface area (Å²) in [4.78, 5) is 12.1. The number of para-hydroxylation sites is 1. The Hall–Kier alpha value is -0.830. The van der Waals surface area contributed by atoms with E-state index in [4.69, 9.17) is 0 Å². The first kappa shape index (κ1) is 11.3. The predicted octanol–water partition coefficient (Wildman–Crippen LogP) is 3.57. The SMILES string of the molecule is O=C(Nc1ccccc1CBr)C1C2CCCC21. The molecule has 0 saturated heterocycles.